The van der Waals surface area contributed by atoms with Crippen LogP contribution in [0.2, 0.25) is 0 Å². The summed E-state index contributed by atoms with van der Waals surface area (Å²) in [5.41, 5.74) is -0.902. The van der Waals surface area contributed by atoms with Crippen LogP contribution in [0.3, 0.4) is 0 Å². The molecule has 5 atom stereocenters. The Morgan fingerprint density at radius 2 is 2.25 bits per heavy atom. The second-order valence-electron chi connectivity index (χ2n) is 6.69. The molecule has 0 spiro atoms. The highest BCUT2D eigenvalue weighted by Crippen LogP contribution is 2.33. The van der Waals surface area contributed by atoms with Gasteiger partial charge in [-0.25, -0.2) is 0 Å². The lowest BCUT2D eigenvalue weighted by Crippen LogP contribution is -2.51. The summed E-state index contributed by atoms with van der Waals surface area (Å²) in [5.74, 6) is 0.697. The molecule has 0 radical (unpaired) electrons. The molecule has 3 N–H and O–H groups in total. The molecule has 3 aliphatic rings. The Hall–Kier alpha value is -0.650. The number of carbonyl (C=O) groups is 1. The summed E-state index contributed by atoms with van der Waals surface area (Å²) in [5, 5.41) is 16.8. The van der Waals surface area contributed by atoms with Crippen molar-refractivity contribution in [2.24, 2.45) is 5.92 Å². The lowest BCUT2D eigenvalue weighted by Gasteiger charge is -2.27. The fraction of sp³-hybridized carbons (Fsp3) is 0.933. The highest BCUT2D eigenvalue weighted by atomic mass is 16.5. The van der Waals surface area contributed by atoms with E-state index in [1.54, 1.807) is 0 Å². The van der Waals surface area contributed by atoms with Crippen LogP contribution >= 0.6 is 0 Å². The number of hydrogen-bond acceptors (Lipinski definition) is 4. The van der Waals surface area contributed by atoms with Gasteiger partial charge in [0.2, 0.25) is 5.91 Å². The Labute approximate surface area is 120 Å². The lowest BCUT2D eigenvalue weighted by molar-refractivity contribution is -0.124. The summed E-state index contributed by atoms with van der Waals surface area (Å²) in [6.07, 6.45) is 6.35. The summed E-state index contributed by atoms with van der Waals surface area (Å²) in [7, 11) is 0. The molecule has 0 bridgehead atoms. The van der Waals surface area contributed by atoms with Crippen molar-refractivity contribution >= 4 is 5.91 Å². The molecule has 5 nitrogen and oxygen atoms in total. The minimum absolute atomic E-state index is 0.0342. The maximum absolute atomic E-state index is 12.3. The molecule has 1 amide bonds. The maximum Gasteiger partial charge on any atom is 0.237 e. The van der Waals surface area contributed by atoms with E-state index in [9.17, 15) is 9.90 Å². The predicted octanol–water partition coefficient (Wildman–Crippen LogP) is 0.563. The average Bonchev–Trinajstić information content (AvgIpc) is 3.01. The van der Waals surface area contributed by atoms with Crippen molar-refractivity contribution in [3.8, 4) is 0 Å². The van der Waals surface area contributed by atoms with Crippen molar-refractivity contribution in [3.63, 3.8) is 0 Å². The fourth-order valence-corrected chi connectivity index (χ4v) is 3.89. The molecule has 114 valence electrons. The SMILES string of the molecule is CC1OCCC1(O)CNC(=O)C1CC2CCCCC2N1. The number of nitrogens with one attached hydrogen (secondary N) is 2. The van der Waals surface area contributed by atoms with Crippen LogP contribution in [0.25, 0.3) is 0 Å². The largest absolute Gasteiger partial charge is 0.385 e. The molecule has 3 fully saturated rings. The van der Waals surface area contributed by atoms with Crippen molar-refractivity contribution < 1.29 is 14.6 Å². The minimum Gasteiger partial charge on any atom is -0.385 e. The highest BCUT2D eigenvalue weighted by Gasteiger charge is 2.42. The van der Waals surface area contributed by atoms with Crippen LogP contribution in [-0.2, 0) is 9.53 Å². The van der Waals surface area contributed by atoms with Crippen LogP contribution in [0.4, 0.5) is 0 Å². The summed E-state index contributed by atoms with van der Waals surface area (Å²) in [6, 6.07) is 0.445. The molecular weight excluding hydrogens is 256 g/mol. The first kappa shape index (κ1) is 14.3. The second kappa shape index (κ2) is 5.62. The second-order valence-corrected chi connectivity index (χ2v) is 6.69. The van der Waals surface area contributed by atoms with E-state index >= 15 is 0 Å². The van der Waals surface area contributed by atoms with Crippen LogP contribution in [0.5, 0.6) is 0 Å². The van der Waals surface area contributed by atoms with Gasteiger partial charge in [0.1, 0.15) is 5.60 Å². The molecule has 20 heavy (non-hydrogen) atoms. The van der Waals surface area contributed by atoms with Gasteiger partial charge in [0, 0.05) is 25.6 Å². The first-order valence-corrected chi connectivity index (χ1v) is 7.96. The first-order valence-electron chi connectivity index (χ1n) is 7.96. The standard InChI is InChI=1S/C15H26N2O3/c1-10-15(19,6-7-20-10)9-16-14(18)13-8-11-4-2-3-5-12(11)17-13/h10-13,17,19H,2-9H2,1H3,(H,16,18). The Kier molecular flexibility index (Phi) is 4.02. The Morgan fingerprint density at radius 1 is 1.45 bits per heavy atom. The van der Waals surface area contributed by atoms with E-state index in [-0.39, 0.29) is 18.1 Å². The third-order valence-corrected chi connectivity index (χ3v) is 5.41. The van der Waals surface area contributed by atoms with Gasteiger partial charge in [0.05, 0.1) is 12.1 Å². The topological polar surface area (TPSA) is 70.6 Å². The number of hydrogen-bond donors (Lipinski definition) is 3. The van der Waals surface area contributed by atoms with Crippen LogP contribution < -0.4 is 10.6 Å². The molecule has 1 aliphatic carbocycles. The van der Waals surface area contributed by atoms with Crippen molar-refractivity contribution in [1.82, 2.24) is 10.6 Å². The summed E-state index contributed by atoms with van der Waals surface area (Å²) in [4.78, 5) is 12.3. The van der Waals surface area contributed by atoms with Gasteiger partial charge in [-0.3, -0.25) is 4.79 Å². The predicted molar refractivity (Wildman–Crippen MR) is 75.3 cm³/mol. The molecule has 2 saturated heterocycles. The van der Waals surface area contributed by atoms with E-state index < -0.39 is 5.60 Å². The number of rotatable bonds is 3. The molecule has 0 aromatic rings. The van der Waals surface area contributed by atoms with Gasteiger partial charge in [-0.05, 0) is 32.1 Å². The summed E-state index contributed by atoms with van der Waals surface area (Å²) < 4.78 is 5.39. The molecule has 5 heteroatoms. The zero-order valence-corrected chi connectivity index (χ0v) is 12.2. The molecule has 5 unspecified atom stereocenters. The monoisotopic (exact) mass is 282 g/mol. The molecule has 3 rings (SSSR count). The molecule has 2 aliphatic heterocycles. The highest BCUT2D eigenvalue weighted by molar-refractivity contribution is 5.82. The minimum atomic E-state index is -0.902. The normalized spacial score (nSPS) is 44.3. The molecule has 0 aromatic carbocycles. The zero-order chi connectivity index (χ0) is 14.2. The number of ether oxygens (including phenoxy) is 1. The third kappa shape index (κ3) is 2.71. The van der Waals surface area contributed by atoms with E-state index in [1.807, 2.05) is 6.92 Å². The maximum atomic E-state index is 12.3. The Bertz CT molecular complexity index is 362. The lowest BCUT2D eigenvalue weighted by atomic mass is 9.85. The van der Waals surface area contributed by atoms with Crippen LogP contribution in [0.1, 0.15) is 45.4 Å². The van der Waals surface area contributed by atoms with E-state index in [0.717, 1.165) is 6.42 Å². The van der Waals surface area contributed by atoms with Gasteiger partial charge in [-0.2, -0.15) is 0 Å². The number of carbonyl (C=O) groups excluding carboxylic acids is 1. The van der Waals surface area contributed by atoms with E-state index in [1.165, 1.54) is 25.7 Å². The molecular formula is C15H26N2O3. The van der Waals surface area contributed by atoms with Crippen molar-refractivity contribution in [2.75, 3.05) is 13.2 Å². The third-order valence-electron chi connectivity index (χ3n) is 5.41. The first-order chi connectivity index (χ1) is 9.58. The Balaban J connectivity index is 1.50. The van der Waals surface area contributed by atoms with Gasteiger partial charge in [0.15, 0.2) is 0 Å². The summed E-state index contributed by atoms with van der Waals surface area (Å²) >= 11 is 0. The van der Waals surface area contributed by atoms with Crippen molar-refractivity contribution in [3.05, 3.63) is 0 Å². The van der Waals surface area contributed by atoms with Gasteiger partial charge < -0.3 is 20.5 Å². The van der Waals surface area contributed by atoms with Crippen molar-refractivity contribution in [2.45, 2.75) is 69.2 Å². The van der Waals surface area contributed by atoms with Crippen LogP contribution in [0, 0.1) is 5.92 Å². The molecule has 1 saturated carbocycles. The van der Waals surface area contributed by atoms with E-state index in [0.29, 0.717) is 31.5 Å². The molecule has 2 heterocycles. The van der Waals surface area contributed by atoms with E-state index in [2.05, 4.69) is 10.6 Å². The number of aliphatic hydroxyl groups is 1. The fourth-order valence-electron chi connectivity index (χ4n) is 3.89. The Morgan fingerprint density at radius 3 is 2.95 bits per heavy atom. The number of fused-ring (bicyclic) bond motifs is 1. The molecule has 0 aromatic heterocycles. The van der Waals surface area contributed by atoms with Crippen molar-refractivity contribution in [1.29, 1.82) is 0 Å². The smallest absolute Gasteiger partial charge is 0.237 e. The van der Waals surface area contributed by atoms with Crippen LogP contribution in [-0.4, -0.2) is 48.0 Å². The number of amides is 1. The van der Waals surface area contributed by atoms with E-state index in [4.69, 9.17) is 4.74 Å². The van der Waals surface area contributed by atoms with Gasteiger partial charge in [-0.15, -0.1) is 0 Å². The van der Waals surface area contributed by atoms with Crippen LogP contribution in [0.15, 0.2) is 0 Å². The quantitative estimate of drug-likeness (QED) is 0.707. The van der Waals surface area contributed by atoms with Gasteiger partial charge in [0.25, 0.3) is 0 Å². The van der Waals surface area contributed by atoms with Gasteiger partial charge >= 0.3 is 0 Å². The summed E-state index contributed by atoms with van der Waals surface area (Å²) in [6.45, 7) is 2.72. The average molecular weight is 282 g/mol. The zero-order valence-electron chi connectivity index (χ0n) is 12.2. The van der Waals surface area contributed by atoms with Gasteiger partial charge in [-0.1, -0.05) is 12.8 Å².